The van der Waals surface area contributed by atoms with Crippen LogP contribution in [0, 0.1) is 51.2 Å². The van der Waals surface area contributed by atoms with Gasteiger partial charge in [0, 0.05) is 0 Å². The van der Waals surface area contributed by atoms with E-state index in [2.05, 4.69) is 58.9 Å². The fraction of sp³-hybridized carbons (Fsp3) is 0.700. The van der Waals surface area contributed by atoms with E-state index >= 15 is 0 Å². The Labute approximate surface area is 283 Å². The second-order valence-corrected chi connectivity index (χ2v) is 19.3. The number of nitrogens with one attached hydrogen (secondary N) is 1. The maximum Gasteiger partial charge on any atom is 0.335 e. The third-order valence-corrected chi connectivity index (χ3v) is 16.5. The molecule has 5 aliphatic carbocycles. The summed E-state index contributed by atoms with van der Waals surface area (Å²) >= 11 is 0. The molecule has 0 spiro atoms. The SMILES string of the molecule is C=C(C)[C@@H]1CC[C@]2(C(=O)NS(=O)(=O)C3CC3)CC[C@@H](C)[C@]3(C)CC[C@H]4C(C)(C)C(c5ccc(C(=O)O)cc5)=CC[C@]4(C)[C@H]3CCC[C@@H]12. The number of amides is 1. The van der Waals surface area contributed by atoms with Gasteiger partial charge in [-0.25, -0.2) is 13.2 Å². The molecule has 6 rings (SSSR count). The number of carboxylic acids is 1. The minimum absolute atomic E-state index is 0.0611. The van der Waals surface area contributed by atoms with E-state index in [0.717, 1.165) is 75.3 Å². The zero-order valence-electron chi connectivity index (χ0n) is 29.5. The van der Waals surface area contributed by atoms with Gasteiger partial charge in [0.15, 0.2) is 0 Å². The first kappa shape index (κ1) is 34.5. The normalized spacial score (nSPS) is 38.6. The molecule has 0 heterocycles. The van der Waals surface area contributed by atoms with Crippen molar-refractivity contribution < 1.29 is 23.1 Å². The monoisotopic (exact) mass is 663 g/mol. The lowest BCUT2D eigenvalue weighted by Crippen LogP contribution is -2.56. The summed E-state index contributed by atoms with van der Waals surface area (Å²) in [6.07, 6.45) is 13.4. The molecular weight excluding hydrogens is 607 g/mol. The summed E-state index contributed by atoms with van der Waals surface area (Å²) in [4.78, 5) is 25.7. The molecule has 0 bridgehead atoms. The second kappa shape index (κ2) is 11.9. The minimum Gasteiger partial charge on any atom is -0.478 e. The summed E-state index contributed by atoms with van der Waals surface area (Å²) in [6.45, 7) is 18.7. The lowest BCUT2D eigenvalue weighted by molar-refractivity contribution is -0.137. The van der Waals surface area contributed by atoms with E-state index in [1.54, 1.807) is 12.1 Å². The van der Waals surface area contributed by atoms with Crippen molar-refractivity contribution in [1.29, 1.82) is 0 Å². The molecule has 8 atom stereocenters. The van der Waals surface area contributed by atoms with E-state index in [4.69, 9.17) is 0 Å². The number of allylic oxidation sites excluding steroid dienone is 3. The van der Waals surface area contributed by atoms with E-state index in [9.17, 15) is 23.1 Å². The number of sulfonamides is 1. The standard InChI is InChI=1S/C40H57NO5S/c1-25(2)30-18-24-40(36(44)41-47(45,46)29-15-16-29)23-17-26(3)38(6)22-20-33-37(4,5)31(27-11-13-28(14-12-27)35(42)43)19-21-39(33,7)34(38)10-8-9-32(30)40/h11-14,19,26,29-30,32-34H,1,8-10,15-18,20-24H2,2-7H3,(H,41,44)(H,42,43)/t26-,30+,32+,33+,34+,38+,39+,40-/m1/s1. The number of benzene rings is 1. The smallest absolute Gasteiger partial charge is 0.335 e. The highest BCUT2D eigenvalue weighted by Gasteiger charge is 2.61. The van der Waals surface area contributed by atoms with Crippen LogP contribution in [0.2, 0.25) is 0 Å². The lowest BCUT2D eigenvalue weighted by Gasteiger charge is -2.64. The molecule has 4 fully saturated rings. The molecule has 2 N–H and O–H groups in total. The molecule has 1 aromatic carbocycles. The average molecular weight is 664 g/mol. The van der Waals surface area contributed by atoms with Gasteiger partial charge in [0.05, 0.1) is 16.2 Å². The summed E-state index contributed by atoms with van der Waals surface area (Å²) in [5, 5.41) is 9.04. The van der Waals surface area contributed by atoms with Crippen LogP contribution in [0.4, 0.5) is 0 Å². The van der Waals surface area contributed by atoms with Crippen molar-refractivity contribution >= 4 is 27.5 Å². The van der Waals surface area contributed by atoms with Crippen molar-refractivity contribution in [1.82, 2.24) is 4.72 Å². The zero-order chi connectivity index (χ0) is 34.2. The number of carboxylic acid groups (broad SMARTS) is 1. The summed E-state index contributed by atoms with van der Waals surface area (Å²) in [6, 6.07) is 7.42. The summed E-state index contributed by atoms with van der Waals surface area (Å²) in [7, 11) is -3.62. The molecule has 47 heavy (non-hydrogen) atoms. The van der Waals surface area contributed by atoms with Crippen molar-refractivity contribution in [3.05, 3.63) is 53.6 Å². The fourth-order valence-electron chi connectivity index (χ4n) is 11.7. The van der Waals surface area contributed by atoms with Crippen LogP contribution < -0.4 is 4.72 Å². The molecule has 0 aliphatic heterocycles. The van der Waals surface area contributed by atoms with Crippen LogP contribution in [-0.4, -0.2) is 30.7 Å². The topological polar surface area (TPSA) is 101 Å². The number of aromatic carboxylic acids is 1. The van der Waals surface area contributed by atoms with Crippen molar-refractivity contribution in [3.8, 4) is 0 Å². The van der Waals surface area contributed by atoms with E-state index in [0.29, 0.717) is 36.2 Å². The first-order valence-electron chi connectivity index (χ1n) is 18.2. The van der Waals surface area contributed by atoms with Crippen LogP contribution in [0.5, 0.6) is 0 Å². The quantitative estimate of drug-likeness (QED) is 0.296. The van der Waals surface area contributed by atoms with Crippen LogP contribution in [0.15, 0.2) is 42.5 Å². The number of hydrogen-bond acceptors (Lipinski definition) is 4. The van der Waals surface area contributed by atoms with Crippen molar-refractivity contribution in [2.24, 2.45) is 51.2 Å². The van der Waals surface area contributed by atoms with E-state index in [1.807, 2.05) is 12.1 Å². The molecule has 1 amide bonds. The number of rotatable bonds is 6. The number of carbonyl (C=O) groups is 2. The Balaban J connectivity index is 1.32. The Morgan fingerprint density at radius 3 is 2.15 bits per heavy atom. The van der Waals surface area contributed by atoms with Crippen LogP contribution in [0.3, 0.4) is 0 Å². The van der Waals surface area contributed by atoms with Crippen LogP contribution in [0.25, 0.3) is 5.57 Å². The molecular formula is C40H57NO5S. The maximum atomic E-state index is 14.2. The average Bonchev–Trinajstić information content (AvgIpc) is 3.79. The van der Waals surface area contributed by atoms with Gasteiger partial charge in [-0.3, -0.25) is 9.52 Å². The second-order valence-electron chi connectivity index (χ2n) is 17.4. The van der Waals surface area contributed by atoms with Crippen molar-refractivity contribution in [2.75, 3.05) is 0 Å². The van der Waals surface area contributed by atoms with Gasteiger partial charge in [-0.05, 0) is 147 Å². The Morgan fingerprint density at radius 2 is 1.53 bits per heavy atom. The molecule has 6 nitrogen and oxygen atoms in total. The molecule has 1 aromatic rings. The predicted molar refractivity (Wildman–Crippen MR) is 188 cm³/mol. The number of hydrogen-bond donors (Lipinski definition) is 2. The lowest BCUT2D eigenvalue weighted by atomic mass is 9.40. The van der Waals surface area contributed by atoms with Crippen molar-refractivity contribution in [3.63, 3.8) is 0 Å². The molecule has 258 valence electrons. The molecule has 5 aliphatic rings. The number of carbonyl (C=O) groups excluding carboxylic acids is 1. The largest absolute Gasteiger partial charge is 0.478 e. The third-order valence-electron chi connectivity index (χ3n) is 14.7. The summed E-state index contributed by atoms with van der Waals surface area (Å²) in [5.41, 5.74) is 3.41. The van der Waals surface area contributed by atoms with Crippen molar-refractivity contribution in [2.45, 2.75) is 124 Å². The molecule has 4 saturated carbocycles. The Bertz CT molecular complexity index is 1570. The Kier molecular flexibility index (Phi) is 8.71. The van der Waals surface area contributed by atoms with Gasteiger partial charge >= 0.3 is 5.97 Å². The first-order valence-corrected chi connectivity index (χ1v) is 19.8. The zero-order valence-corrected chi connectivity index (χ0v) is 30.3. The van der Waals surface area contributed by atoms with Gasteiger partial charge in [-0.15, -0.1) is 0 Å². The predicted octanol–water partition coefficient (Wildman–Crippen LogP) is 9.03. The molecule has 0 saturated heterocycles. The van der Waals surface area contributed by atoms with Crippen LogP contribution in [0.1, 0.15) is 135 Å². The third kappa shape index (κ3) is 5.64. The maximum absolute atomic E-state index is 14.2. The van der Waals surface area contributed by atoms with E-state index < -0.39 is 26.7 Å². The summed E-state index contributed by atoms with van der Waals surface area (Å²) < 4.78 is 28.7. The van der Waals surface area contributed by atoms with Crippen LogP contribution >= 0.6 is 0 Å². The minimum atomic E-state index is -3.62. The molecule has 0 aromatic heterocycles. The molecule has 0 radical (unpaired) electrons. The van der Waals surface area contributed by atoms with Gasteiger partial charge in [-0.2, -0.15) is 0 Å². The highest BCUT2D eigenvalue weighted by molar-refractivity contribution is 7.90. The highest BCUT2D eigenvalue weighted by Crippen LogP contribution is 2.69. The van der Waals surface area contributed by atoms with E-state index in [1.165, 1.54) is 5.57 Å². The van der Waals surface area contributed by atoms with Gasteiger partial charge in [0.1, 0.15) is 0 Å². The van der Waals surface area contributed by atoms with Gasteiger partial charge < -0.3 is 5.11 Å². The molecule has 7 heteroatoms. The first-order chi connectivity index (χ1) is 22.0. The summed E-state index contributed by atoms with van der Waals surface area (Å²) in [5.74, 6) is 0.631. The molecule has 0 unspecified atom stereocenters. The van der Waals surface area contributed by atoms with Gasteiger partial charge in [-0.1, -0.05) is 71.4 Å². The fourth-order valence-corrected chi connectivity index (χ4v) is 13.1. The van der Waals surface area contributed by atoms with Crippen LogP contribution in [-0.2, 0) is 14.8 Å². The van der Waals surface area contributed by atoms with Gasteiger partial charge in [0.25, 0.3) is 0 Å². The highest BCUT2D eigenvalue weighted by atomic mass is 32.2. The Hall–Kier alpha value is -2.41. The Morgan fingerprint density at radius 1 is 0.872 bits per heavy atom. The van der Waals surface area contributed by atoms with E-state index in [-0.39, 0.29) is 34.0 Å². The van der Waals surface area contributed by atoms with Gasteiger partial charge in [0.2, 0.25) is 15.9 Å². The number of fused-ring (bicyclic) bond motifs is 4.